The number of methoxy groups -OCH3 is 1. The van der Waals surface area contributed by atoms with Gasteiger partial charge in [-0.3, -0.25) is 4.79 Å². The Bertz CT molecular complexity index is 1100. The molecule has 0 saturated heterocycles. The number of hydrogen-bond donors (Lipinski definition) is 0. The van der Waals surface area contributed by atoms with Gasteiger partial charge in [-0.15, -0.1) is 6.42 Å². The Morgan fingerprint density at radius 1 is 1.23 bits per heavy atom. The lowest BCUT2D eigenvalue weighted by molar-refractivity contribution is 0.0600. The third-order valence-electron chi connectivity index (χ3n) is 3.64. The molecule has 7 heteroatoms. The smallest absolute Gasteiger partial charge is 0.337 e. The summed E-state index contributed by atoms with van der Waals surface area (Å²) in [6.07, 6.45) is 5.40. The van der Waals surface area contributed by atoms with Crippen molar-refractivity contribution in [3.05, 3.63) is 64.2 Å². The Morgan fingerprint density at radius 3 is 2.58 bits per heavy atom. The van der Waals surface area contributed by atoms with E-state index < -0.39 is 11.9 Å². The van der Waals surface area contributed by atoms with Gasteiger partial charge in [0.2, 0.25) is 0 Å². The van der Waals surface area contributed by atoms with E-state index >= 15 is 0 Å². The molecule has 2 aromatic carbocycles. The van der Waals surface area contributed by atoms with Crippen molar-refractivity contribution in [1.82, 2.24) is 4.57 Å². The molecule has 130 valence electrons. The molecule has 0 saturated carbocycles. The first-order valence-electron chi connectivity index (χ1n) is 7.53. The molecule has 5 nitrogen and oxygen atoms in total. The number of carbonyl (C=O) groups is 2. The predicted octanol–water partition coefficient (Wildman–Crippen LogP) is 3.00. The van der Waals surface area contributed by atoms with Crippen LogP contribution in [0.2, 0.25) is 0 Å². The zero-order chi connectivity index (χ0) is 18.7. The SMILES string of the molecule is C#CCn1c(=NC(=O)c2ccc(C(=O)OC)cc2)sc2cc(F)ccc21. The highest BCUT2D eigenvalue weighted by molar-refractivity contribution is 7.16. The molecular weight excluding hydrogens is 355 g/mol. The van der Waals surface area contributed by atoms with Gasteiger partial charge in [-0.2, -0.15) is 4.99 Å². The maximum Gasteiger partial charge on any atom is 0.337 e. The highest BCUT2D eigenvalue weighted by Gasteiger charge is 2.11. The Morgan fingerprint density at radius 2 is 1.92 bits per heavy atom. The van der Waals surface area contributed by atoms with Crippen LogP contribution in [0.25, 0.3) is 10.2 Å². The van der Waals surface area contributed by atoms with Gasteiger partial charge < -0.3 is 9.30 Å². The summed E-state index contributed by atoms with van der Waals surface area (Å²) in [4.78, 5) is 28.4. The van der Waals surface area contributed by atoms with Crippen LogP contribution in [0.5, 0.6) is 0 Å². The molecular formula is C19H13FN2O3S. The third kappa shape index (κ3) is 3.41. The summed E-state index contributed by atoms with van der Waals surface area (Å²) in [6, 6.07) is 10.3. The first-order valence-corrected chi connectivity index (χ1v) is 8.35. The normalized spacial score (nSPS) is 11.3. The van der Waals surface area contributed by atoms with Crippen molar-refractivity contribution in [2.75, 3.05) is 7.11 Å². The number of hydrogen-bond acceptors (Lipinski definition) is 4. The molecule has 0 radical (unpaired) electrons. The van der Waals surface area contributed by atoms with Crippen LogP contribution in [0.15, 0.2) is 47.5 Å². The predicted molar refractivity (Wildman–Crippen MR) is 96.3 cm³/mol. The van der Waals surface area contributed by atoms with E-state index in [0.717, 1.165) is 0 Å². The second-order valence-electron chi connectivity index (χ2n) is 5.27. The number of carbonyl (C=O) groups excluding carboxylic acids is 2. The van der Waals surface area contributed by atoms with Crippen LogP contribution >= 0.6 is 11.3 Å². The maximum absolute atomic E-state index is 13.4. The van der Waals surface area contributed by atoms with Crippen LogP contribution < -0.4 is 4.80 Å². The molecule has 0 aliphatic rings. The molecule has 0 bridgehead atoms. The van der Waals surface area contributed by atoms with Crippen molar-refractivity contribution in [3.8, 4) is 12.3 Å². The molecule has 1 aromatic heterocycles. The zero-order valence-electron chi connectivity index (χ0n) is 13.7. The second kappa shape index (κ2) is 7.33. The number of rotatable bonds is 3. The first-order chi connectivity index (χ1) is 12.5. The summed E-state index contributed by atoms with van der Waals surface area (Å²) in [5.41, 5.74) is 1.36. The fourth-order valence-corrected chi connectivity index (χ4v) is 3.45. The van der Waals surface area contributed by atoms with Crippen LogP contribution in [0, 0.1) is 18.2 Å². The molecule has 0 atom stereocenters. The van der Waals surface area contributed by atoms with Crippen LogP contribution in [0.3, 0.4) is 0 Å². The Kier molecular flexibility index (Phi) is 4.96. The lowest BCUT2D eigenvalue weighted by Crippen LogP contribution is -2.16. The monoisotopic (exact) mass is 368 g/mol. The van der Waals surface area contributed by atoms with E-state index in [1.165, 1.54) is 54.8 Å². The number of terminal acetylenes is 1. The van der Waals surface area contributed by atoms with Gasteiger partial charge in [-0.25, -0.2) is 9.18 Å². The van der Waals surface area contributed by atoms with Crippen LogP contribution in [0.1, 0.15) is 20.7 Å². The number of ether oxygens (including phenoxy) is 1. The topological polar surface area (TPSA) is 60.7 Å². The molecule has 26 heavy (non-hydrogen) atoms. The van der Waals surface area contributed by atoms with Gasteiger partial charge in [0.1, 0.15) is 5.82 Å². The lowest BCUT2D eigenvalue weighted by Gasteiger charge is -2.01. The molecule has 0 fully saturated rings. The Hall–Kier alpha value is -3.24. The van der Waals surface area contributed by atoms with Crippen LogP contribution in [-0.2, 0) is 11.3 Å². The molecule has 0 spiro atoms. The minimum absolute atomic E-state index is 0.207. The van der Waals surface area contributed by atoms with Crippen molar-refractivity contribution in [3.63, 3.8) is 0 Å². The van der Waals surface area contributed by atoms with Crippen molar-refractivity contribution in [2.45, 2.75) is 6.54 Å². The van der Waals surface area contributed by atoms with Gasteiger partial charge in [-0.05, 0) is 42.5 Å². The Balaban J connectivity index is 2.03. The number of amides is 1. The van der Waals surface area contributed by atoms with Gasteiger partial charge in [0.15, 0.2) is 4.80 Å². The number of halogens is 1. The minimum atomic E-state index is -0.487. The maximum atomic E-state index is 13.4. The number of fused-ring (bicyclic) bond motifs is 1. The first kappa shape index (κ1) is 17.6. The highest BCUT2D eigenvalue weighted by atomic mass is 32.1. The van der Waals surface area contributed by atoms with Gasteiger partial charge in [0, 0.05) is 5.56 Å². The molecule has 1 heterocycles. The van der Waals surface area contributed by atoms with E-state index in [9.17, 15) is 14.0 Å². The van der Waals surface area contributed by atoms with E-state index in [4.69, 9.17) is 6.42 Å². The highest BCUT2D eigenvalue weighted by Crippen LogP contribution is 2.18. The quantitative estimate of drug-likeness (QED) is 0.527. The lowest BCUT2D eigenvalue weighted by atomic mass is 10.1. The zero-order valence-corrected chi connectivity index (χ0v) is 14.5. The number of aromatic nitrogens is 1. The number of esters is 1. The summed E-state index contributed by atoms with van der Waals surface area (Å²) in [7, 11) is 1.28. The molecule has 3 rings (SSSR count). The molecule has 0 aliphatic heterocycles. The van der Waals surface area contributed by atoms with Gasteiger partial charge >= 0.3 is 5.97 Å². The largest absolute Gasteiger partial charge is 0.465 e. The fourth-order valence-electron chi connectivity index (χ4n) is 2.39. The average Bonchev–Trinajstić information content (AvgIpc) is 2.97. The average molecular weight is 368 g/mol. The molecule has 1 amide bonds. The Labute approximate surface area is 152 Å². The van der Waals surface area contributed by atoms with Crippen molar-refractivity contribution in [1.29, 1.82) is 0 Å². The standard InChI is InChI=1S/C19H13FN2O3S/c1-3-10-22-15-9-8-14(20)11-16(15)26-19(22)21-17(23)12-4-6-13(7-5-12)18(24)25-2/h1,4-9,11H,10H2,2H3. The number of nitrogens with zero attached hydrogens (tertiary/aromatic N) is 2. The van der Waals surface area contributed by atoms with E-state index in [2.05, 4.69) is 15.6 Å². The fraction of sp³-hybridized carbons (Fsp3) is 0.105. The number of benzene rings is 2. The molecule has 3 aromatic rings. The summed E-state index contributed by atoms with van der Waals surface area (Å²) < 4.78 is 20.4. The summed E-state index contributed by atoms with van der Waals surface area (Å²) in [5.74, 6) is 1.16. The summed E-state index contributed by atoms with van der Waals surface area (Å²) in [6.45, 7) is 0.207. The third-order valence-corrected chi connectivity index (χ3v) is 4.69. The molecule has 0 N–H and O–H groups in total. The minimum Gasteiger partial charge on any atom is -0.465 e. The van der Waals surface area contributed by atoms with E-state index in [0.29, 0.717) is 26.1 Å². The summed E-state index contributed by atoms with van der Waals surface area (Å²) in [5, 5.41) is 0. The van der Waals surface area contributed by atoms with Crippen molar-refractivity contribution >= 4 is 33.4 Å². The van der Waals surface area contributed by atoms with E-state index in [1.807, 2.05) is 0 Å². The van der Waals surface area contributed by atoms with Gasteiger partial charge in [0.05, 0.1) is 29.4 Å². The number of thiazole rings is 1. The van der Waals surface area contributed by atoms with Gasteiger partial charge in [0.25, 0.3) is 5.91 Å². The van der Waals surface area contributed by atoms with Crippen LogP contribution in [-0.4, -0.2) is 23.6 Å². The van der Waals surface area contributed by atoms with Crippen molar-refractivity contribution < 1.29 is 18.7 Å². The van der Waals surface area contributed by atoms with Gasteiger partial charge in [-0.1, -0.05) is 17.3 Å². The van der Waals surface area contributed by atoms with Crippen LogP contribution in [0.4, 0.5) is 4.39 Å². The summed E-state index contributed by atoms with van der Waals surface area (Å²) >= 11 is 1.18. The molecule has 0 aliphatic carbocycles. The second-order valence-corrected chi connectivity index (χ2v) is 6.28. The van der Waals surface area contributed by atoms with Crippen molar-refractivity contribution in [2.24, 2.45) is 4.99 Å². The molecule has 0 unspecified atom stereocenters. The van der Waals surface area contributed by atoms with E-state index in [1.54, 1.807) is 10.6 Å². The van der Waals surface area contributed by atoms with E-state index in [-0.39, 0.29) is 12.4 Å².